The fourth-order valence-corrected chi connectivity index (χ4v) is 2.78. The summed E-state index contributed by atoms with van der Waals surface area (Å²) in [5.41, 5.74) is 0. The van der Waals surface area contributed by atoms with Gasteiger partial charge in [0.1, 0.15) is 0 Å². The van der Waals surface area contributed by atoms with Gasteiger partial charge < -0.3 is 0 Å². The van der Waals surface area contributed by atoms with E-state index in [2.05, 4.69) is 24.3 Å². The van der Waals surface area contributed by atoms with Crippen LogP contribution in [0.2, 0.25) is 0 Å². The minimum absolute atomic E-state index is 0.0151. The van der Waals surface area contributed by atoms with Crippen LogP contribution in [0.5, 0.6) is 0 Å². The highest BCUT2D eigenvalue weighted by Gasteiger charge is 2.69. The molecule has 0 saturated carbocycles. The number of nitrogens with zero attached hydrogens (tertiary/aromatic N) is 3. The first-order valence-corrected chi connectivity index (χ1v) is 10.8. The maximum absolute atomic E-state index is 10.8. The number of unbranched alkanes of at least 4 members (excludes halogenated alkanes) is 6. The molecule has 1 radical (unpaired) electrons. The van der Waals surface area contributed by atoms with Crippen LogP contribution in [-0.2, 0) is 4.79 Å². The summed E-state index contributed by atoms with van der Waals surface area (Å²) in [6.45, 7) is 0. The molecule has 177 valence electrons. The molecule has 0 saturated heterocycles. The molecule has 0 aliphatic heterocycles. The van der Waals surface area contributed by atoms with Gasteiger partial charge in [-0.15, -0.1) is 0 Å². The third-order valence-corrected chi connectivity index (χ3v) is 4.64. The second kappa shape index (κ2) is 18.6. The molecular weight excluding hydrogens is 418 g/mol. The molecule has 0 amide bonds. The van der Waals surface area contributed by atoms with Gasteiger partial charge in [0, 0.05) is 6.42 Å². The smallest absolute Gasteiger partial charge is 0.291 e. The van der Waals surface area contributed by atoms with E-state index in [4.69, 9.17) is 0 Å². The molecule has 0 aromatic heterocycles. The Morgan fingerprint density at radius 1 is 0.594 bits per heavy atom. The molecule has 0 bridgehead atoms. The molecule has 0 N–H and O–H groups in total. The van der Waals surface area contributed by atoms with Crippen LogP contribution in [0.15, 0.2) is 48.6 Å². The average Bonchev–Trinajstić information content (AvgIpc) is 2.74. The van der Waals surface area contributed by atoms with Crippen molar-refractivity contribution >= 4 is 6.29 Å². The first-order chi connectivity index (χ1) is 15.4. The summed E-state index contributed by atoms with van der Waals surface area (Å²) in [7, 11) is 0. The van der Waals surface area contributed by atoms with E-state index >= 15 is 0 Å². The summed E-state index contributed by atoms with van der Waals surface area (Å²) in [6.07, 6.45) is 25.4. The molecule has 0 atom stereocenters. The highest BCUT2D eigenvalue weighted by Crippen LogP contribution is 2.21. The summed E-state index contributed by atoms with van der Waals surface area (Å²) in [5, 5.41) is 32.5. The molecule has 0 aromatic carbocycles. The monoisotopic (exact) mass is 450 g/mol. The highest BCUT2D eigenvalue weighted by molar-refractivity contribution is 5.50. The molecular formula is C22H32N3O7. The van der Waals surface area contributed by atoms with Crippen molar-refractivity contribution in [1.82, 2.24) is 0 Å². The summed E-state index contributed by atoms with van der Waals surface area (Å²) in [5.74, 6) is -3.35. The van der Waals surface area contributed by atoms with E-state index in [-0.39, 0.29) is 6.42 Å². The Balaban J connectivity index is 3.86. The van der Waals surface area contributed by atoms with Crippen LogP contribution in [0.4, 0.5) is 0 Å². The van der Waals surface area contributed by atoms with Crippen LogP contribution < -0.4 is 0 Å². The van der Waals surface area contributed by atoms with Crippen molar-refractivity contribution in [2.24, 2.45) is 0 Å². The van der Waals surface area contributed by atoms with Crippen LogP contribution in [-0.4, -0.2) is 26.8 Å². The van der Waals surface area contributed by atoms with E-state index in [1.807, 2.05) is 30.6 Å². The summed E-state index contributed by atoms with van der Waals surface area (Å²) < 4.78 is 0. The minimum Gasteiger partial charge on any atom is -0.291 e. The molecule has 0 aliphatic rings. The van der Waals surface area contributed by atoms with Crippen LogP contribution in [0, 0.1) is 30.3 Å². The molecule has 0 fully saturated rings. The molecule has 0 aromatic rings. The van der Waals surface area contributed by atoms with Gasteiger partial charge in [-0.1, -0.05) is 55.0 Å². The van der Waals surface area contributed by atoms with Crippen molar-refractivity contribution in [3.8, 4) is 0 Å². The van der Waals surface area contributed by atoms with Crippen molar-refractivity contribution in [3.05, 3.63) is 79.0 Å². The summed E-state index contributed by atoms with van der Waals surface area (Å²) >= 11 is 0. The predicted molar refractivity (Wildman–Crippen MR) is 121 cm³/mol. The van der Waals surface area contributed by atoms with Gasteiger partial charge in [0.15, 0.2) is 27.5 Å². The Kier molecular flexibility index (Phi) is 16.7. The molecule has 10 nitrogen and oxygen atoms in total. The lowest BCUT2D eigenvalue weighted by molar-refractivity contribution is -0.970. The second-order valence-corrected chi connectivity index (χ2v) is 7.13. The Bertz CT molecular complexity index is 664. The lowest BCUT2D eigenvalue weighted by Crippen LogP contribution is -2.53. The number of nitro groups is 3. The van der Waals surface area contributed by atoms with Gasteiger partial charge in [0.25, 0.3) is 0 Å². The quantitative estimate of drug-likeness (QED) is 0.0783. The lowest BCUT2D eigenvalue weighted by atomic mass is 10.1. The van der Waals surface area contributed by atoms with Gasteiger partial charge in [-0.3, -0.25) is 35.1 Å². The Labute approximate surface area is 188 Å². The van der Waals surface area contributed by atoms with E-state index in [1.165, 1.54) is 0 Å². The Hall–Kier alpha value is -3.17. The van der Waals surface area contributed by atoms with Gasteiger partial charge in [-0.05, 0) is 57.8 Å². The predicted octanol–water partition coefficient (Wildman–Crippen LogP) is 5.49. The van der Waals surface area contributed by atoms with Crippen molar-refractivity contribution in [1.29, 1.82) is 0 Å². The van der Waals surface area contributed by atoms with Gasteiger partial charge in [0.05, 0.1) is 0 Å². The molecule has 10 heteroatoms. The number of allylic oxidation sites excluding steroid dienone is 8. The normalized spacial score (nSPS) is 12.4. The number of hydrogen-bond donors (Lipinski definition) is 0. The summed E-state index contributed by atoms with van der Waals surface area (Å²) in [6, 6.07) is 0. The SMILES string of the molecule is O=[C]CCCCCC=CCC=CCC=CCC=CCCCCC([N+](=O)[O-])([N+](=O)[O-])[N+](=O)[O-]. The van der Waals surface area contributed by atoms with Gasteiger partial charge in [-0.2, -0.15) is 0 Å². The van der Waals surface area contributed by atoms with Crippen molar-refractivity contribution in [2.75, 3.05) is 0 Å². The maximum atomic E-state index is 10.8. The van der Waals surface area contributed by atoms with Gasteiger partial charge in [-0.25, -0.2) is 0 Å². The second-order valence-electron chi connectivity index (χ2n) is 7.13. The van der Waals surface area contributed by atoms with Crippen LogP contribution in [0.1, 0.15) is 77.0 Å². The van der Waals surface area contributed by atoms with E-state index in [1.54, 1.807) is 0 Å². The van der Waals surface area contributed by atoms with Gasteiger partial charge >= 0.3 is 5.79 Å². The number of hydrogen-bond acceptors (Lipinski definition) is 7. The van der Waals surface area contributed by atoms with Crippen LogP contribution in [0.3, 0.4) is 0 Å². The van der Waals surface area contributed by atoms with Crippen molar-refractivity contribution in [2.45, 2.75) is 82.8 Å². The molecule has 0 unspecified atom stereocenters. The topological polar surface area (TPSA) is 146 Å². The fourth-order valence-electron chi connectivity index (χ4n) is 2.78. The zero-order chi connectivity index (χ0) is 24.1. The zero-order valence-corrected chi connectivity index (χ0v) is 18.3. The summed E-state index contributed by atoms with van der Waals surface area (Å²) in [4.78, 5) is 38.2. The Morgan fingerprint density at radius 3 is 1.41 bits per heavy atom. The molecule has 0 heterocycles. The van der Waals surface area contributed by atoms with E-state index < -0.39 is 27.0 Å². The average molecular weight is 451 g/mol. The van der Waals surface area contributed by atoms with Crippen LogP contribution >= 0.6 is 0 Å². The Morgan fingerprint density at radius 2 is 1.00 bits per heavy atom. The zero-order valence-electron chi connectivity index (χ0n) is 18.3. The van der Waals surface area contributed by atoms with Crippen molar-refractivity contribution < 1.29 is 19.6 Å². The maximum Gasteiger partial charge on any atom is 0.699 e. The van der Waals surface area contributed by atoms with Crippen molar-refractivity contribution in [3.63, 3.8) is 0 Å². The third-order valence-electron chi connectivity index (χ3n) is 4.64. The fraction of sp³-hybridized carbons (Fsp3) is 0.591. The van der Waals surface area contributed by atoms with E-state index in [0.29, 0.717) is 19.3 Å². The van der Waals surface area contributed by atoms with E-state index in [9.17, 15) is 35.1 Å². The first kappa shape index (κ1) is 28.8. The molecule has 0 rings (SSSR count). The van der Waals surface area contributed by atoms with Gasteiger partial charge in [0.2, 0.25) is 0 Å². The standard InChI is InChI=1S/C22H32N3O7/c26-21-19-17-15-13-11-9-7-5-3-1-2-4-6-8-10-12-14-16-18-20-22(23(27)28,24(29)30)25(31)32/h1,3-4,6-7,9-10,12H,2,5,8,11,13-20H2. The first-order valence-electron chi connectivity index (χ1n) is 10.8. The van der Waals surface area contributed by atoms with E-state index in [0.717, 1.165) is 44.9 Å². The largest absolute Gasteiger partial charge is 0.699 e. The molecule has 32 heavy (non-hydrogen) atoms. The minimum atomic E-state index is -3.35. The highest BCUT2D eigenvalue weighted by atomic mass is 16.7. The number of carbonyl (C=O) groups excluding carboxylic acids is 1. The molecule has 0 aliphatic carbocycles. The van der Waals surface area contributed by atoms with Crippen LogP contribution in [0.25, 0.3) is 0 Å². The number of rotatable bonds is 20. The molecule has 0 spiro atoms. The third kappa shape index (κ3) is 12.5. The lowest BCUT2D eigenvalue weighted by Gasteiger charge is -2.08.